The van der Waals surface area contributed by atoms with Crippen molar-refractivity contribution in [1.82, 2.24) is 10.3 Å². The Hall–Kier alpha value is -2.03. The van der Waals surface area contributed by atoms with Crippen molar-refractivity contribution in [2.75, 3.05) is 18.6 Å². The second-order valence-corrected chi connectivity index (χ2v) is 8.82. The third-order valence-corrected chi connectivity index (χ3v) is 6.48. The lowest BCUT2D eigenvalue weighted by Gasteiger charge is -2.40. The summed E-state index contributed by atoms with van der Waals surface area (Å²) in [5.41, 5.74) is -0.229. The van der Waals surface area contributed by atoms with Crippen LogP contribution in [0.1, 0.15) is 47.9 Å². The molecule has 4 nitrogen and oxygen atoms in total. The third-order valence-electron chi connectivity index (χ3n) is 5.43. The van der Waals surface area contributed by atoms with Crippen molar-refractivity contribution in [3.63, 3.8) is 0 Å². The molecule has 1 heterocycles. The molecule has 2 N–H and O–H groups in total. The van der Waals surface area contributed by atoms with Crippen LogP contribution in [0.25, 0.3) is 6.08 Å². The number of nitrogens with zero attached hydrogens (tertiary/aromatic N) is 1. The zero-order valence-corrected chi connectivity index (χ0v) is 18.6. The van der Waals surface area contributed by atoms with E-state index in [9.17, 15) is 18.3 Å². The molecule has 8 heteroatoms. The number of pyridine rings is 1. The van der Waals surface area contributed by atoms with Gasteiger partial charge in [0, 0.05) is 17.5 Å². The first kappa shape index (κ1) is 23.6. The Morgan fingerprint density at radius 2 is 1.94 bits per heavy atom. The molecule has 0 saturated carbocycles. The number of methoxy groups -OCH3 is 1. The van der Waals surface area contributed by atoms with E-state index in [1.54, 1.807) is 31.2 Å². The highest BCUT2D eigenvalue weighted by Crippen LogP contribution is 2.44. The van der Waals surface area contributed by atoms with E-state index in [1.807, 2.05) is 31.2 Å². The van der Waals surface area contributed by atoms with Crippen LogP contribution in [0.4, 0.5) is 13.2 Å². The van der Waals surface area contributed by atoms with Gasteiger partial charge in [-0.15, -0.1) is 0 Å². The second kappa shape index (κ2) is 9.63. The van der Waals surface area contributed by atoms with Gasteiger partial charge in [-0.25, -0.2) is 0 Å². The summed E-state index contributed by atoms with van der Waals surface area (Å²) in [6.45, 7) is 3.64. The van der Waals surface area contributed by atoms with Crippen LogP contribution in [0.3, 0.4) is 0 Å². The Labute approximate surface area is 184 Å². The average molecular weight is 453 g/mol. The Bertz CT molecular complexity index is 918. The van der Waals surface area contributed by atoms with Crippen LogP contribution in [0.2, 0.25) is 0 Å². The topological polar surface area (TPSA) is 54.4 Å². The lowest BCUT2D eigenvalue weighted by atomic mass is 9.86. The molecule has 1 aromatic heterocycles. The molecule has 1 aliphatic carbocycles. The number of halogens is 3. The van der Waals surface area contributed by atoms with E-state index >= 15 is 0 Å². The number of hydrogen-bond donors (Lipinski definition) is 2. The first-order valence-corrected chi connectivity index (χ1v) is 11.3. The number of thioether (sulfide) groups is 1. The molecule has 1 aromatic carbocycles. The van der Waals surface area contributed by atoms with Crippen LogP contribution in [-0.4, -0.2) is 40.5 Å². The first-order valence-electron chi connectivity index (χ1n) is 10.1. The van der Waals surface area contributed by atoms with E-state index in [1.165, 1.54) is 7.11 Å². The van der Waals surface area contributed by atoms with Gasteiger partial charge in [-0.3, -0.25) is 10.3 Å². The number of hydrogen-bond acceptors (Lipinski definition) is 5. The lowest BCUT2D eigenvalue weighted by molar-refractivity contribution is -0.262. The van der Waals surface area contributed by atoms with Gasteiger partial charge in [-0.1, -0.05) is 31.2 Å². The summed E-state index contributed by atoms with van der Waals surface area (Å²) in [7, 11) is 1.50. The Kier molecular flexibility index (Phi) is 7.34. The molecular formula is C23H27F3N2O2S. The molecule has 0 fully saturated rings. The number of benzene rings is 1. The summed E-state index contributed by atoms with van der Waals surface area (Å²) >= 11 is 1.06. The summed E-state index contributed by atoms with van der Waals surface area (Å²) in [6, 6.07) is 8.28. The fourth-order valence-corrected chi connectivity index (χ4v) is 4.56. The maximum atomic E-state index is 14.3. The molecule has 0 aliphatic heterocycles. The van der Waals surface area contributed by atoms with Gasteiger partial charge in [0.1, 0.15) is 5.75 Å². The minimum atomic E-state index is -4.83. The smallest absolute Gasteiger partial charge is 0.419 e. The van der Waals surface area contributed by atoms with Crippen molar-refractivity contribution in [3.05, 3.63) is 65.0 Å². The number of alkyl halides is 3. The summed E-state index contributed by atoms with van der Waals surface area (Å²) in [6.07, 6.45) is -0.554. The Morgan fingerprint density at radius 3 is 2.55 bits per heavy atom. The van der Waals surface area contributed by atoms with Gasteiger partial charge in [0.05, 0.1) is 18.8 Å². The van der Waals surface area contributed by atoms with Crippen molar-refractivity contribution >= 4 is 17.8 Å². The lowest BCUT2D eigenvalue weighted by Crippen LogP contribution is -2.57. The SMILES string of the molecule is CCSCC(O)(C(NC1CC=Cc2nc(C)ccc21)c1ccc(OC)cc1)C(F)(F)F. The maximum absolute atomic E-state index is 14.3. The number of aryl methyl sites for hydroxylation is 1. The zero-order chi connectivity index (χ0) is 22.6. The van der Waals surface area contributed by atoms with E-state index in [0.717, 1.165) is 28.7 Å². The van der Waals surface area contributed by atoms with Crippen molar-refractivity contribution in [1.29, 1.82) is 0 Å². The number of ether oxygens (including phenoxy) is 1. The second-order valence-electron chi connectivity index (χ2n) is 7.55. The molecular weight excluding hydrogens is 425 g/mol. The van der Waals surface area contributed by atoms with Gasteiger partial charge in [0.2, 0.25) is 0 Å². The van der Waals surface area contributed by atoms with Gasteiger partial charge in [-0.05, 0) is 54.5 Å². The molecule has 31 heavy (non-hydrogen) atoms. The van der Waals surface area contributed by atoms with Crippen LogP contribution >= 0.6 is 11.8 Å². The largest absolute Gasteiger partial charge is 0.497 e. The molecule has 3 rings (SSSR count). The van der Waals surface area contributed by atoms with E-state index in [-0.39, 0.29) is 0 Å². The highest BCUT2D eigenvalue weighted by molar-refractivity contribution is 7.99. The third kappa shape index (κ3) is 5.07. The van der Waals surface area contributed by atoms with E-state index in [4.69, 9.17) is 4.74 Å². The standard InChI is InChI=1S/C23H27F3N2O2S/c1-4-31-14-22(29,23(24,25)26)21(16-9-11-17(30-3)12-10-16)28-20-7-5-6-19-18(20)13-8-15(2)27-19/h5-6,8-13,20-21,28-29H,4,7,14H2,1-3H3. The summed E-state index contributed by atoms with van der Waals surface area (Å²) in [5, 5.41) is 14.2. The predicted octanol–water partition coefficient (Wildman–Crippen LogP) is 5.23. The fraction of sp³-hybridized carbons (Fsp3) is 0.435. The van der Waals surface area contributed by atoms with Gasteiger partial charge < -0.3 is 9.84 Å². The summed E-state index contributed by atoms with van der Waals surface area (Å²) < 4.78 is 47.9. The molecule has 3 unspecified atom stereocenters. The van der Waals surface area contributed by atoms with Gasteiger partial charge in [0.25, 0.3) is 0 Å². The van der Waals surface area contributed by atoms with Gasteiger partial charge >= 0.3 is 6.18 Å². The van der Waals surface area contributed by atoms with Crippen molar-refractivity contribution in [2.24, 2.45) is 0 Å². The quantitative estimate of drug-likeness (QED) is 0.574. The van der Waals surface area contributed by atoms with E-state index < -0.39 is 29.6 Å². The van der Waals surface area contributed by atoms with E-state index in [0.29, 0.717) is 23.5 Å². The van der Waals surface area contributed by atoms with Gasteiger partial charge in [0.15, 0.2) is 5.60 Å². The number of rotatable bonds is 8. The molecule has 0 saturated heterocycles. The van der Waals surface area contributed by atoms with Crippen molar-refractivity contribution in [2.45, 2.75) is 44.1 Å². The Balaban J connectivity index is 2.04. The summed E-state index contributed by atoms with van der Waals surface area (Å²) in [5.74, 6) is 0.524. The maximum Gasteiger partial charge on any atom is 0.419 e. The van der Waals surface area contributed by atoms with Crippen LogP contribution in [0.15, 0.2) is 42.5 Å². The number of nitrogens with one attached hydrogen (secondary N) is 1. The van der Waals surface area contributed by atoms with Crippen LogP contribution < -0.4 is 10.1 Å². The van der Waals surface area contributed by atoms with Crippen molar-refractivity contribution < 1.29 is 23.0 Å². The number of aromatic nitrogens is 1. The molecule has 0 radical (unpaired) electrons. The minimum absolute atomic E-state index is 0.341. The van der Waals surface area contributed by atoms with Crippen LogP contribution in [0, 0.1) is 6.92 Å². The molecule has 168 valence electrons. The van der Waals surface area contributed by atoms with Gasteiger partial charge in [-0.2, -0.15) is 24.9 Å². The number of fused-ring (bicyclic) bond motifs is 1. The molecule has 0 amide bonds. The molecule has 2 aromatic rings. The van der Waals surface area contributed by atoms with E-state index in [2.05, 4.69) is 10.3 Å². The van der Waals surface area contributed by atoms with Crippen molar-refractivity contribution in [3.8, 4) is 5.75 Å². The molecule has 1 aliphatic rings. The minimum Gasteiger partial charge on any atom is -0.497 e. The zero-order valence-electron chi connectivity index (χ0n) is 17.7. The fourth-order valence-electron chi connectivity index (χ4n) is 3.71. The molecule has 3 atom stereocenters. The summed E-state index contributed by atoms with van der Waals surface area (Å²) in [4.78, 5) is 4.50. The Morgan fingerprint density at radius 1 is 1.23 bits per heavy atom. The number of aliphatic hydroxyl groups is 1. The predicted molar refractivity (Wildman–Crippen MR) is 118 cm³/mol. The highest BCUT2D eigenvalue weighted by atomic mass is 32.2. The monoisotopic (exact) mass is 452 g/mol. The average Bonchev–Trinajstić information content (AvgIpc) is 2.75. The first-order chi connectivity index (χ1) is 14.7. The normalized spacial score (nSPS) is 18.9. The molecule has 0 bridgehead atoms. The molecule has 0 spiro atoms. The van der Waals surface area contributed by atoms with Crippen LogP contribution in [-0.2, 0) is 0 Å². The highest BCUT2D eigenvalue weighted by Gasteiger charge is 2.59. The van der Waals surface area contributed by atoms with Crippen LogP contribution in [0.5, 0.6) is 5.75 Å².